The topological polar surface area (TPSA) is 99.9 Å². The van der Waals surface area contributed by atoms with Crippen molar-refractivity contribution >= 4 is 33.6 Å². The number of benzene rings is 1. The van der Waals surface area contributed by atoms with Crippen LogP contribution in [-0.4, -0.2) is 19.3 Å². The first-order chi connectivity index (χ1) is 11.9. The average molecular weight is 355 g/mol. The van der Waals surface area contributed by atoms with E-state index in [9.17, 15) is 17.6 Å². The molecule has 0 fully saturated rings. The van der Waals surface area contributed by atoms with Crippen LogP contribution in [0.15, 0.2) is 52.4 Å². The van der Waals surface area contributed by atoms with Crippen molar-refractivity contribution in [2.75, 3.05) is 5.32 Å². The SMILES string of the molecule is N#C/C(=C\c1cccnc1F)C(=O)Nc1ccc2c(c1)S(=O)(=O)C=C2. The molecule has 1 aliphatic heterocycles. The van der Waals surface area contributed by atoms with Crippen molar-refractivity contribution < 1.29 is 17.6 Å². The number of halogens is 1. The van der Waals surface area contributed by atoms with E-state index >= 15 is 0 Å². The maximum atomic E-state index is 13.5. The fourth-order valence-electron chi connectivity index (χ4n) is 2.24. The van der Waals surface area contributed by atoms with Crippen LogP contribution in [-0.2, 0) is 14.6 Å². The summed E-state index contributed by atoms with van der Waals surface area (Å²) in [5, 5.41) is 12.7. The fraction of sp³-hybridized carbons (Fsp3) is 0. The van der Waals surface area contributed by atoms with E-state index in [0.29, 0.717) is 5.56 Å². The Morgan fingerprint density at radius 1 is 1.32 bits per heavy atom. The van der Waals surface area contributed by atoms with Gasteiger partial charge in [0, 0.05) is 22.9 Å². The van der Waals surface area contributed by atoms with Gasteiger partial charge in [-0.3, -0.25) is 4.79 Å². The standard InChI is InChI=1S/C17H10FN3O3S/c18-16-12(2-1-6-20-16)8-13(10-19)17(22)21-14-4-3-11-5-7-25(23,24)15(11)9-14/h1-9H,(H,21,22)/b13-8+. The van der Waals surface area contributed by atoms with Crippen LogP contribution in [0.5, 0.6) is 0 Å². The highest BCUT2D eigenvalue weighted by molar-refractivity contribution is 7.94. The number of hydrogen-bond acceptors (Lipinski definition) is 5. The van der Waals surface area contributed by atoms with Crippen LogP contribution < -0.4 is 5.32 Å². The number of nitrogens with zero attached hydrogens (tertiary/aromatic N) is 2. The minimum absolute atomic E-state index is 0.00469. The van der Waals surface area contributed by atoms with Gasteiger partial charge in [-0.05, 0) is 42.0 Å². The number of sulfone groups is 1. The number of rotatable bonds is 3. The number of nitriles is 1. The minimum atomic E-state index is -3.51. The number of pyridine rings is 1. The lowest BCUT2D eigenvalue weighted by Crippen LogP contribution is -2.14. The van der Waals surface area contributed by atoms with Gasteiger partial charge in [-0.2, -0.15) is 9.65 Å². The Bertz CT molecular complexity index is 1080. The summed E-state index contributed by atoms with van der Waals surface area (Å²) < 4.78 is 37.2. The van der Waals surface area contributed by atoms with Crippen molar-refractivity contribution in [3.8, 4) is 6.07 Å². The zero-order valence-corrected chi connectivity index (χ0v) is 13.4. The number of aromatic nitrogens is 1. The predicted molar refractivity (Wildman–Crippen MR) is 89.1 cm³/mol. The number of amides is 1. The van der Waals surface area contributed by atoms with E-state index in [1.54, 1.807) is 12.1 Å². The lowest BCUT2D eigenvalue weighted by atomic mass is 10.1. The normalized spacial score (nSPS) is 14.6. The summed E-state index contributed by atoms with van der Waals surface area (Å²) in [5.41, 5.74) is 0.388. The molecule has 0 atom stereocenters. The quantitative estimate of drug-likeness (QED) is 0.518. The molecule has 0 spiro atoms. The van der Waals surface area contributed by atoms with Gasteiger partial charge in [0.05, 0.1) is 4.90 Å². The highest BCUT2D eigenvalue weighted by Crippen LogP contribution is 2.29. The van der Waals surface area contributed by atoms with Crippen LogP contribution in [0.1, 0.15) is 11.1 Å². The zero-order valence-electron chi connectivity index (χ0n) is 12.6. The van der Waals surface area contributed by atoms with Crippen LogP contribution in [0, 0.1) is 17.3 Å². The van der Waals surface area contributed by atoms with E-state index in [1.807, 2.05) is 0 Å². The molecule has 124 valence electrons. The van der Waals surface area contributed by atoms with E-state index in [4.69, 9.17) is 5.26 Å². The molecule has 0 aliphatic carbocycles. The Balaban J connectivity index is 1.88. The maximum Gasteiger partial charge on any atom is 0.266 e. The van der Waals surface area contributed by atoms with Crippen molar-refractivity contribution in [3.63, 3.8) is 0 Å². The number of nitrogens with one attached hydrogen (secondary N) is 1. The molecular weight excluding hydrogens is 345 g/mol. The highest BCUT2D eigenvalue weighted by atomic mass is 32.2. The number of anilines is 1. The van der Waals surface area contributed by atoms with Gasteiger partial charge < -0.3 is 5.32 Å². The van der Waals surface area contributed by atoms with E-state index in [2.05, 4.69) is 10.3 Å². The van der Waals surface area contributed by atoms with Gasteiger partial charge in [0.15, 0.2) is 0 Å². The van der Waals surface area contributed by atoms with Crippen LogP contribution >= 0.6 is 0 Å². The number of fused-ring (bicyclic) bond motifs is 1. The van der Waals surface area contributed by atoms with Gasteiger partial charge in [-0.15, -0.1) is 0 Å². The molecule has 1 aromatic carbocycles. The molecule has 6 nitrogen and oxygen atoms in total. The van der Waals surface area contributed by atoms with Crippen molar-refractivity contribution in [2.24, 2.45) is 0 Å². The summed E-state index contributed by atoms with van der Waals surface area (Å²) in [6.07, 6.45) is 3.78. The molecule has 0 unspecified atom stereocenters. The van der Waals surface area contributed by atoms with Crippen LogP contribution in [0.3, 0.4) is 0 Å². The molecule has 0 radical (unpaired) electrons. The molecule has 2 aromatic rings. The molecule has 8 heteroatoms. The highest BCUT2D eigenvalue weighted by Gasteiger charge is 2.21. The Morgan fingerprint density at radius 2 is 2.12 bits per heavy atom. The summed E-state index contributed by atoms with van der Waals surface area (Å²) >= 11 is 0. The largest absolute Gasteiger partial charge is 0.321 e. The van der Waals surface area contributed by atoms with Crippen LogP contribution in [0.25, 0.3) is 12.2 Å². The van der Waals surface area contributed by atoms with Crippen LogP contribution in [0.4, 0.5) is 10.1 Å². The van der Waals surface area contributed by atoms with Crippen LogP contribution in [0.2, 0.25) is 0 Å². The smallest absolute Gasteiger partial charge is 0.266 e. The number of hydrogen-bond donors (Lipinski definition) is 1. The number of carbonyl (C=O) groups is 1. The molecule has 1 N–H and O–H groups in total. The molecule has 25 heavy (non-hydrogen) atoms. The molecule has 0 saturated carbocycles. The molecule has 0 saturated heterocycles. The molecule has 2 heterocycles. The molecule has 0 bridgehead atoms. The van der Waals surface area contributed by atoms with Crippen molar-refractivity contribution in [1.29, 1.82) is 5.26 Å². The third-order valence-electron chi connectivity index (χ3n) is 3.46. The Labute approximate surface area is 142 Å². The van der Waals surface area contributed by atoms with Gasteiger partial charge in [0.2, 0.25) is 15.8 Å². The Kier molecular flexibility index (Phi) is 4.17. The lowest BCUT2D eigenvalue weighted by Gasteiger charge is -2.07. The third-order valence-corrected chi connectivity index (χ3v) is 4.92. The van der Waals surface area contributed by atoms with E-state index in [1.165, 1.54) is 36.5 Å². The second-order valence-electron chi connectivity index (χ2n) is 5.11. The predicted octanol–water partition coefficient (Wildman–Crippen LogP) is 2.52. The van der Waals surface area contributed by atoms with Crippen molar-refractivity contribution in [2.45, 2.75) is 4.90 Å². The Morgan fingerprint density at radius 3 is 2.84 bits per heavy atom. The van der Waals surface area contributed by atoms with Gasteiger partial charge in [0.25, 0.3) is 5.91 Å². The average Bonchev–Trinajstić information content (AvgIpc) is 2.89. The first kappa shape index (κ1) is 16.5. The summed E-state index contributed by atoms with van der Waals surface area (Å²) in [7, 11) is -3.51. The maximum absolute atomic E-state index is 13.5. The molecule has 1 aliphatic rings. The van der Waals surface area contributed by atoms with E-state index < -0.39 is 21.7 Å². The summed E-state index contributed by atoms with van der Waals surface area (Å²) in [6.45, 7) is 0. The monoisotopic (exact) mass is 355 g/mol. The Hall–Kier alpha value is -3.31. The second-order valence-corrected chi connectivity index (χ2v) is 6.91. The van der Waals surface area contributed by atoms with Crippen molar-refractivity contribution in [3.05, 3.63) is 64.6 Å². The summed E-state index contributed by atoms with van der Waals surface area (Å²) in [6, 6.07) is 8.91. The minimum Gasteiger partial charge on any atom is -0.321 e. The van der Waals surface area contributed by atoms with Gasteiger partial charge in [0.1, 0.15) is 11.6 Å². The molecule has 3 rings (SSSR count). The number of carbonyl (C=O) groups excluding carboxylic acids is 1. The van der Waals surface area contributed by atoms with Gasteiger partial charge in [-0.1, -0.05) is 6.07 Å². The molecule has 1 aromatic heterocycles. The van der Waals surface area contributed by atoms with Crippen molar-refractivity contribution in [1.82, 2.24) is 4.98 Å². The zero-order chi connectivity index (χ0) is 18.0. The lowest BCUT2D eigenvalue weighted by molar-refractivity contribution is -0.112. The summed E-state index contributed by atoms with van der Waals surface area (Å²) in [4.78, 5) is 15.7. The van der Waals surface area contributed by atoms with Gasteiger partial charge in [-0.25, -0.2) is 13.4 Å². The molecular formula is C17H10FN3O3S. The third kappa shape index (κ3) is 3.32. The van der Waals surface area contributed by atoms with Gasteiger partial charge >= 0.3 is 0 Å². The first-order valence-electron chi connectivity index (χ1n) is 7.01. The fourth-order valence-corrected chi connectivity index (χ4v) is 3.47. The van der Waals surface area contributed by atoms with E-state index in [0.717, 1.165) is 11.5 Å². The summed E-state index contributed by atoms with van der Waals surface area (Å²) in [5.74, 6) is -1.59. The first-order valence-corrected chi connectivity index (χ1v) is 8.56. The van der Waals surface area contributed by atoms with E-state index in [-0.39, 0.29) is 21.7 Å². The molecule has 1 amide bonds. The second kappa shape index (κ2) is 6.30.